The molecular weight excluding hydrogens is 355 g/mol. The van der Waals surface area contributed by atoms with Crippen LogP contribution in [-0.4, -0.2) is 29.3 Å². The third-order valence-electron chi connectivity index (χ3n) is 3.19. The van der Waals surface area contributed by atoms with E-state index >= 15 is 0 Å². The van der Waals surface area contributed by atoms with Crippen molar-refractivity contribution < 1.29 is 24.5 Å². The molecule has 1 aromatic carbocycles. The van der Waals surface area contributed by atoms with Crippen LogP contribution in [0.5, 0.6) is 5.75 Å². The van der Waals surface area contributed by atoms with Gasteiger partial charge in [-0.25, -0.2) is 4.79 Å². The van der Waals surface area contributed by atoms with Crippen LogP contribution in [-0.2, 0) is 4.79 Å². The summed E-state index contributed by atoms with van der Waals surface area (Å²) in [5.41, 5.74) is 0.0378. The Labute approximate surface area is 152 Å². The van der Waals surface area contributed by atoms with Gasteiger partial charge in [-0.2, -0.15) is 0 Å². The van der Waals surface area contributed by atoms with Gasteiger partial charge in [-0.1, -0.05) is 62.2 Å². The Bertz CT molecular complexity index is 509. The Kier molecular flexibility index (Phi) is 12.1. The number of unbranched alkanes of at least 4 members (excludes halogenated alkanes) is 5. The summed E-state index contributed by atoms with van der Waals surface area (Å²) in [6.07, 6.45) is 7.25. The van der Waals surface area contributed by atoms with E-state index in [1.54, 1.807) is 0 Å². The first-order chi connectivity index (χ1) is 11.3. The van der Waals surface area contributed by atoms with Crippen molar-refractivity contribution in [3.05, 3.63) is 27.7 Å². The number of hydrogen-bond acceptors (Lipinski definition) is 3. The Morgan fingerprint density at radius 1 is 1.00 bits per heavy atom. The highest BCUT2D eigenvalue weighted by Crippen LogP contribution is 2.33. The van der Waals surface area contributed by atoms with E-state index in [1.165, 1.54) is 44.9 Å². The fourth-order valence-corrected chi connectivity index (χ4v) is 2.58. The van der Waals surface area contributed by atoms with Gasteiger partial charge in [-0.05, 0) is 18.6 Å². The van der Waals surface area contributed by atoms with E-state index in [9.17, 15) is 9.59 Å². The van der Waals surface area contributed by atoms with Crippen molar-refractivity contribution in [3.8, 4) is 5.75 Å². The van der Waals surface area contributed by atoms with Gasteiger partial charge in [0, 0.05) is 6.42 Å². The minimum absolute atomic E-state index is 0.0378. The van der Waals surface area contributed by atoms with Crippen molar-refractivity contribution in [1.29, 1.82) is 0 Å². The van der Waals surface area contributed by atoms with Crippen LogP contribution in [0.15, 0.2) is 12.1 Å². The molecule has 0 saturated carbocycles. The van der Waals surface area contributed by atoms with Crippen LogP contribution in [0.3, 0.4) is 0 Å². The number of carboxylic acids is 2. The Morgan fingerprint density at radius 2 is 1.50 bits per heavy atom. The number of carbonyl (C=O) groups is 2. The number of aliphatic carboxylic acids is 1. The van der Waals surface area contributed by atoms with E-state index in [1.807, 2.05) is 0 Å². The zero-order chi connectivity index (χ0) is 18.5. The molecule has 0 aromatic heterocycles. The van der Waals surface area contributed by atoms with Crippen LogP contribution in [0.4, 0.5) is 0 Å². The van der Waals surface area contributed by atoms with E-state index < -0.39 is 11.9 Å². The third kappa shape index (κ3) is 9.63. The Hall–Kier alpha value is -1.46. The quantitative estimate of drug-likeness (QED) is 0.552. The van der Waals surface area contributed by atoms with Gasteiger partial charge in [-0.3, -0.25) is 4.79 Å². The average Bonchev–Trinajstić information content (AvgIpc) is 2.50. The molecule has 1 rings (SSSR count). The van der Waals surface area contributed by atoms with E-state index in [-0.39, 0.29) is 21.4 Å². The predicted molar refractivity (Wildman–Crippen MR) is 95.6 cm³/mol. The molecule has 5 nitrogen and oxygen atoms in total. The number of halogens is 2. The number of aromatic carboxylic acids is 1. The van der Waals surface area contributed by atoms with Crippen LogP contribution in [0.1, 0.15) is 62.2 Å². The molecule has 24 heavy (non-hydrogen) atoms. The molecule has 1 aromatic rings. The van der Waals surface area contributed by atoms with E-state index in [0.717, 1.165) is 12.8 Å². The van der Waals surface area contributed by atoms with Crippen LogP contribution in [0, 0.1) is 0 Å². The molecule has 0 amide bonds. The standard InChI is InChI=1S/C9H18O2.C8H6Cl2O3/c1-2-3-4-5-6-7-8-9(10)11;1-13-7-5(9)2-4(8(11)12)3-6(7)10/h2-8H2,1H3,(H,10,11);2-3H,1H3,(H,11,12). The second-order valence-electron chi connectivity index (χ2n) is 5.19. The summed E-state index contributed by atoms with van der Waals surface area (Å²) in [6, 6.07) is 2.57. The lowest BCUT2D eigenvalue weighted by Crippen LogP contribution is -1.97. The van der Waals surface area contributed by atoms with E-state index in [4.69, 9.17) is 38.2 Å². The maximum absolute atomic E-state index is 10.5. The number of rotatable bonds is 9. The van der Waals surface area contributed by atoms with Crippen LogP contribution in [0.25, 0.3) is 0 Å². The van der Waals surface area contributed by atoms with Gasteiger partial charge < -0.3 is 14.9 Å². The summed E-state index contributed by atoms with van der Waals surface area (Å²) >= 11 is 11.4. The molecule has 0 atom stereocenters. The molecular formula is C17H24Cl2O5. The first-order valence-electron chi connectivity index (χ1n) is 7.81. The fraction of sp³-hybridized carbons (Fsp3) is 0.529. The molecule has 0 saturated heterocycles. The Morgan fingerprint density at radius 3 is 1.92 bits per heavy atom. The second-order valence-corrected chi connectivity index (χ2v) is 6.00. The fourth-order valence-electron chi connectivity index (χ4n) is 1.93. The molecule has 0 bridgehead atoms. The van der Waals surface area contributed by atoms with E-state index in [0.29, 0.717) is 6.42 Å². The van der Waals surface area contributed by atoms with Gasteiger partial charge in [0.05, 0.1) is 22.7 Å². The highest BCUT2D eigenvalue weighted by atomic mass is 35.5. The topological polar surface area (TPSA) is 83.8 Å². The summed E-state index contributed by atoms with van der Waals surface area (Å²) < 4.78 is 4.85. The van der Waals surface area contributed by atoms with Crippen molar-refractivity contribution in [2.45, 2.75) is 51.9 Å². The normalized spacial score (nSPS) is 9.83. The van der Waals surface area contributed by atoms with Gasteiger partial charge in [-0.15, -0.1) is 0 Å². The van der Waals surface area contributed by atoms with Crippen molar-refractivity contribution in [2.75, 3.05) is 7.11 Å². The van der Waals surface area contributed by atoms with Crippen LogP contribution >= 0.6 is 23.2 Å². The number of benzene rings is 1. The molecule has 0 heterocycles. The van der Waals surface area contributed by atoms with Crippen molar-refractivity contribution in [2.24, 2.45) is 0 Å². The molecule has 0 aliphatic carbocycles. The average molecular weight is 379 g/mol. The molecule has 0 aliphatic heterocycles. The van der Waals surface area contributed by atoms with Gasteiger partial charge in [0.15, 0.2) is 5.75 Å². The molecule has 0 radical (unpaired) electrons. The minimum Gasteiger partial charge on any atom is -0.494 e. The van der Waals surface area contributed by atoms with Crippen molar-refractivity contribution in [3.63, 3.8) is 0 Å². The van der Waals surface area contributed by atoms with Gasteiger partial charge in [0.1, 0.15) is 0 Å². The van der Waals surface area contributed by atoms with Gasteiger partial charge >= 0.3 is 11.9 Å². The molecule has 0 unspecified atom stereocenters. The predicted octanol–water partition coefficient (Wildman–Crippen LogP) is 5.52. The van der Waals surface area contributed by atoms with Crippen molar-refractivity contribution >= 4 is 35.1 Å². The molecule has 0 spiro atoms. The smallest absolute Gasteiger partial charge is 0.335 e. The highest BCUT2D eigenvalue weighted by Gasteiger charge is 2.11. The largest absolute Gasteiger partial charge is 0.494 e. The number of hydrogen-bond donors (Lipinski definition) is 2. The minimum atomic E-state index is -1.08. The van der Waals surface area contributed by atoms with Crippen LogP contribution < -0.4 is 4.74 Å². The van der Waals surface area contributed by atoms with Gasteiger partial charge in [0.25, 0.3) is 0 Å². The lowest BCUT2D eigenvalue weighted by atomic mass is 10.1. The zero-order valence-corrected chi connectivity index (χ0v) is 15.5. The van der Waals surface area contributed by atoms with Crippen molar-refractivity contribution in [1.82, 2.24) is 0 Å². The zero-order valence-electron chi connectivity index (χ0n) is 14.0. The summed E-state index contributed by atoms with van der Waals surface area (Å²) in [5.74, 6) is -1.46. The van der Waals surface area contributed by atoms with E-state index in [2.05, 4.69) is 6.92 Å². The highest BCUT2D eigenvalue weighted by molar-refractivity contribution is 6.37. The molecule has 2 N–H and O–H groups in total. The first-order valence-corrected chi connectivity index (χ1v) is 8.57. The SMILES string of the molecule is CCCCCCCCC(=O)O.COc1c(Cl)cc(C(=O)O)cc1Cl. The summed E-state index contributed by atoms with van der Waals surface area (Å²) in [5, 5.41) is 17.3. The maximum Gasteiger partial charge on any atom is 0.335 e. The molecule has 7 heteroatoms. The van der Waals surface area contributed by atoms with Crippen LogP contribution in [0.2, 0.25) is 10.0 Å². The molecule has 136 valence electrons. The maximum atomic E-state index is 10.5. The molecule has 0 fully saturated rings. The summed E-state index contributed by atoms with van der Waals surface area (Å²) in [7, 11) is 1.41. The number of carboxylic acid groups (broad SMARTS) is 2. The first kappa shape index (κ1) is 22.5. The Balaban J connectivity index is 0.000000449. The lowest BCUT2D eigenvalue weighted by molar-refractivity contribution is -0.137. The lowest BCUT2D eigenvalue weighted by Gasteiger charge is -2.05. The summed E-state index contributed by atoms with van der Waals surface area (Å²) in [4.78, 5) is 20.6. The second kappa shape index (κ2) is 12.9. The summed E-state index contributed by atoms with van der Waals surface area (Å²) in [6.45, 7) is 2.18. The van der Waals surface area contributed by atoms with Gasteiger partial charge in [0.2, 0.25) is 0 Å². The number of ether oxygens (including phenoxy) is 1. The monoisotopic (exact) mass is 378 g/mol. The number of methoxy groups -OCH3 is 1. The third-order valence-corrected chi connectivity index (χ3v) is 3.76. The molecule has 0 aliphatic rings.